The third-order valence-corrected chi connectivity index (χ3v) is 8.50. The highest BCUT2D eigenvalue weighted by Gasteiger charge is 2.32. The molecule has 0 radical (unpaired) electrons. The van der Waals surface area contributed by atoms with E-state index < -0.39 is 15.9 Å². The molecule has 1 N–H and O–H groups in total. The van der Waals surface area contributed by atoms with Gasteiger partial charge in [0.05, 0.1) is 16.9 Å². The van der Waals surface area contributed by atoms with Crippen molar-refractivity contribution in [2.75, 3.05) is 54.9 Å². The Balaban J connectivity index is 1.56. The van der Waals surface area contributed by atoms with Crippen LogP contribution in [0.4, 0.5) is 17.1 Å². The minimum Gasteiger partial charge on any atom is -0.454 e. The molecule has 3 aromatic rings. The van der Waals surface area contributed by atoms with Gasteiger partial charge in [0, 0.05) is 51.5 Å². The number of carbonyl (C=O) groups excluding carboxylic acids is 1. The Labute approximate surface area is 205 Å². The number of carbonyl (C=O) groups is 1. The van der Waals surface area contributed by atoms with Crippen molar-refractivity contribution in [1.29, 1.82) is 0 Å². The molecule has 0 spiro atoms. The fourth-order valence-corrected chi connectivity index (χ4v) is 5.81. The highest BCUT2D eigenvalue weighted by atomic mass is 32.2. The number of benzene rings is 3. The van der Waals surface area contributed by atoms with Gasteiger partial charge in [-0.15, -0.1) is 0 Å². The van der Waals surface area contributed by atoms with Crippen LogP contribution in [-0.2, 0) is 10.0 Å². The van der Waals surface area contributed by atoms with Crippen molar-refractivity contribution >= 4 is 33.0 Å². The van der Waals surface area contributed by atoms with Crippen molar-refractivity contribution in [3.8, 4) is 11.5 Å². The lowest BCUT2D eigenvalue weighted by Gasteiger charge is -2.38. The first kappa shape index (κ1) is 23.2. The molecule has 8 nitrogen and oxygen atoms in total. The van der Waals surface area contributed by atoms with Crippen LogP contribution in [0, 0.1) is 0 Å². The number of nitrogens with one attached hydrogen (secondary N) is 1. The molecule has 0 bridgehead atoms. The zero-order chi connectivity index (χ0) is 24.6. The van der Waals surface area contributed by atoms with E-state index in [-0.39, 0.29) is 10.5 Å². The van der Waals surface area contributed by atoms with Crippen molar-refractivity contribution in [3.05, 3.63) is 72.3 Å². The van der Waals surface area contributed by atoms with Gasteiger partial charge in [-0.3, -0.25) is 4.79 Å². The van der Waals surface area contributed by atoms with Crippen LogP contribution in [0.3, 0.4) is 0 Å². The van der Waals surface area contributed by atoms with Crippen LogP contribution in [0.2, 0.25) is 0 Å². The van der Waals surface area contributed by atoms with Crippen LogP contribution in [0.5, 0.6) is 11.5 Å². The van der Waals surface area contributed by atoms with E-state index in [9.17, 15) is 13.2 Å². The zero-order valence-corrected chi connectivity index (χ0v) is 20.6. The summed E-state index contributed by atoms with van der Waals surface area (Å²) < 4.78 is 34.5. The number of anilines is 3. The second-order valence-electron chi connectivity index (χ2n) is 8.60. The quantitative estimate of drug-likeness (QED) is 0.580. The molecule has 9 heteroatoms. The highest BCUT2D eigenvalue weighted by molar-refractivity contribution is 7.89. The Morgan fingerprint density at radius 2 is 1.57 bits per heavy atom. The van der Waals surface area contributed by atoms with Gasteiger partial charge in [0.15, 0.2) is 5.75 Å². The summed E-state index contributed by atoms with van der Waals surface area (Å²) in [6.07, 6.45) is 0. The Morgan fingerprint density at radius 1 is 0.914 bits per heavy atom. The van der Waals surface area contributed by atoms with Crippen LogP contribution in [-0.4, -0.2) is 58.4 Å². The molecule has 1 fully saturated rings. The molecule has 2 aliphatic heterocycles. The lowest BCUT2D eigenvalue weighted by Crippen LogP contribution is -2.47. The van der Waals surface area contributed by atoms with Gasteiger partial charge in [-0.05, 0) is 30.3 Å². The second kappa shape index (κ2) is 9.24. The van der Waals surface area contributed by atoms with Crippen molar-refractivity contribution in [1.82, 2.24) is 4.31 Å². The predicted molar refractivity (Wildman–Crippen MR) is 137 cm³/mol. The molecule has 3 aromatic carbocycles. The van der Waals surface area contributed by atoms with Gasteiger partial charge >= 0.3 is 0 Å². The first-order valence-corrected chi connectivity index (χ1v) is 13.1. The first-order valence-electron chi connectivity index (χ1n) is 11.7. The Morgan fingerprint density at radius 3 is 2.29 bits per heavy atom. The normalized spacial score (nSPS) is 15.7. The van der Waals surface area contributed by atoms with Crippen LogP contribution in [0.15, 0.2) is 71.6 Å². The number of hydrogen-bond acceptors (Lipinski definition) is 6. The van der Waals surface area contributed by atoms with Gasteiger partial charge in [-0.1, -0.05) is 37.3 Å². The van der Waals surface area contributed by atoms with Gasteiger partial charge in [-0.2, -0.15) is 0 Å². The molecule has 5 rings (SSSR count). The standard InChI is InChI=1S/C26H28N4O4S/c1-3-28(2)35(32,33)25-17-20-24(34-23-12-8-7-11-21(23)27-26(20)31)18-22(25)30-15-13-29(14-16-30)19-9-5-4-6-10-19/h4-12,17-18H,3,13-16H2,1-2H3,(H,27,31). The van der Waals surface area contributed by atoms with Gasteiger partial charge < -0.3 is 19.9 Å². The average molecular weight is 493 g/mol. The maximum absolute atomic E-state index is 13.5. The van der Waals surface area contributed by atoms with Gasteiger partial charge in [-0.25, -0.2) is 12.7 Å². The molecule has 2 aliphatic rings. The molecule has 0 aromatic heterocycles. The summed E-state index contributed by atoms with van der Waals surface area (Å²) in [6.45, 7) is 4.85. The van der Waals surface area contributed by atoms with E-state index >= 15 is 0 Å². The van der Waals surface area contributed by atoms with Gasteiger partial charge in [0.1, 0.15) is 10.6 Å². The molecule has 0 unspecified atom stereocenters. The summed E-state index contributed by atoms with van der Waals surface area (Å²) in [6, 6.07) is 20.5. The van der Waals surface area contributed by atoms with E-state index in [4.69, 9.17) is 4.74 Å². The lowest BCUT2D eigenvalue weighted by atomic mass is 10.1. The molecule has 182 valence electrons. The fraction of sp³-hybridized carbons (Fsp3) is 0.269. The summed E-state index contributed by atoms with van der Waals surface area (Å²) in [7, 11) is -2.28. The van der Waals surface area contributed by atoms with Crippen LogP contribution >= 0.6 is 0 Å². The first-order chi connectivity index (χ1) is 16.9. The monoisotopic (exact) mass is 492 g/mol. The molecule has 0 atom stereocenters. The SMILES string of the molecule is CCN(C)S(=O)(=O)c1cc2c(cc1N1CCN(c3ccccc3)CC1)Oc1ccccc1NC2=O. The number of sulfonamides is 1. The number of hydrogen-bond donors (Lipinski definition) is 1. The molecular weight excluding hydrogens is 464 g/mol. The number of ether oxygens (including phenoxy) is 1. The van der Waals surface area contributed by atoms with Crippen LogP contribution < -0.4 is 19.9 Å². The minimum absolute atomic E-state index is 0.110. The van der Waals surface area contributed by atoms with Crippen LogP contribution in [0.1, 0.15) is 17.3 Å². The highest BCUT2D eigenvalue weighted by Crippen LogP contribution is 2.41. The van der Waals surface area contributed by atoms with Crippen LogP contribution in [0.25, 0.3) is 0 Å². The number of fused-ring (bicyclic) bond motifs is 2. The lowest BCUT2D eigenvalue weighted by molar-refractivity contribution is 0.102. The molecule has 35 heavy (non-hydrogen) atoms. The van der Waals surface area contributed by atoms with E-state index in [1.807, 2.05) is 30.3 Å². The summed E-state index contributed by atoms with van der Waals surface area (Å²) >= 11 is 0. The third kappa shape index (κ3) is 4.33. The topological polar surface area (TPSA) is 82.2 Å². The van der Waals surface area contributed by atoms with Crippen molar-refractivity contribution < 1.29 is 17.9 Å². The van der Waals surface area contributed by atoms with Gasteiger partial charge in [0.2, 0.25) is 10.0 Å². The zero-order valence-electron chi connectivity index (χ0n) is 19.8. The Kier molecular flexibility index (Phi) is 6.12. The fourth-order valence-electron chi connectivity index (χ4n) is 4.41. The second-order valence-corrected chi connectivity index (χ2v) is 10.6. The summed E-state index contributed by atoms with van der Waals surface area (Å²) in [5, 5.41) is 2.83. The smallest absolute Gasteiger partial charge is 0.259 e. The molecule has 0 aliphatic carbocycles. The molecule has 2 heterocycles. The number of amides is 1. The summed E-state index contributed by atoms with van der Waals surface area (Å²) in [5.41, 5.74) is 2.42. The molecular formula is C26H28N4O4S. The van der Waals surface area contributed by atoms with E-state index in [0.29, 0.717) is 42.5 Å². The van der Waals surface area contributed by atoms with E-state index in [2.05, 4.69) is 27.2 Å². The van der Waals surface area contributed by atoms with Gasteiger partial charge in [0.25, 0.3) is 5.91 Å². The van der Waals surface area contributed by atoms with Crippen molar-refractivity contribution in [2.24, 2.45) is 0 Å². The van der Waals surface area contributed by atoms with Crippen molar-refractivity contribution in [2.45, 2.75) is 11.8 Å². The number of rotatable bonds is 5. The molecule has 0 saturated carbocycles. The van der Waals surface area contributed by atoms with E-state index in [1.165, 1.54) is 10.4 Å². The maximum Gasteiger partial charge on any atom is 0.259 e. The predicted octanol–water partition coefficient (Wildman–Crippen LogP) is 4.01. The average Bonchev–Trinajstić information content (AvgIpc) is 3.03. The van der Waals surface area contributed by atoms with Crippen molar-refractivity contribution in [3.63, 3.8) is 0 Å². The molecule has 1 saturated heterocycles. The third-order valence-electron chi connectivity index (χ3n) is 6.54. The van der Waals surface area contributed by atoms with E-state index in [0.717, 1.165) is 18.8 Å². The Hall–Kier alpha value is -3.56. The minimum atomic E-state index is -3.83. The maximum atomic E-state index is 13.5. The molecule has 1 amide bonds. The number of nitrogens with zero attached hydrogens (tertiary/aromatic N) is 3. The number of piperazine rings is 1. The Bertz CT molecular complexity index is 1350. The largest absolute Gasteiger partial charge is 0.454 e. The summed E-state index contributed by atoms with van der Waals surface area (Å²) in [4.78, 5) is 17.5. The summed E-state index contributed by atoms with van der Waals surface area (Å²) in [5.74, 6) is 0.452. The van der Waals surface area contributed by atoms with E-state index in [1.54, 1.807) is 32.2 Å². The number of para-hydroxylation sites is 3.